The Kier molecular flexibility index (Phi) is 8.36. The van der Waals surface area contributed by atoms with Gasteiger partial charge in [0.25, 0.3) is 5.91 Å². The molecule has 1 atom stereocenters. The Morgan fingerprint density at radius 1 is 1.14 bits per heavy atom. The van der Waals surface area contributed by atoms with Crippen molar-refractivity contribution in [3.63, 3.8) is 0 Å². The van der Waals surface area contributed by atoms with Gasteiger partial charge >= 0.3 is 11.8 Å². The van der Waals surface area contributed by atoms with E-state index in [1.54, 1.807) is 33.0 Å². The lowest BCUT2D eigenvalue weighted by molar-refractivity contribution is 0.101. The van der Waals surface area contributed by atoms with Gasteiger partial charge in [-0.3, -0.25) is 14.7 Å². The zero-order valence-corrected chi connectivity index (χ0v) is 21.8. The molecular formula is C26H32FN5O5. The molecule has 1 aromatic heterocycles. The smallest absolute Gasteiger partial charge is 0.409 e. The average Bonchev–Trinajstić information content (AvgIpc) is 3.10. The molecule has 0 saturated carbocycles. The molecule has 0 unspecified atom stereocenters. The van der Waals surface area contributed by atoms with Gasteiger partial charge in [0.15, 0.2) is 0 Å². The first-order chi connectivity index (χ1) is 17.5. The molecule has 3 rings (SSSR count). The number of carbonyl (C=O) groups excluding carboxylic acids is 1. The topological polar surface area (TPSA) is 127 Å². The van der Waals surface area contributed by atoms with Crippen LogP contribution < -0.4 is 21.1 Å². The fraction of sp³-hybridized carbons (Fsp3) is 0.385. The molecule has 2 aromatic carbocycles. The van der Waals surface area contributed by atoms with Crippen molar-refractivity contribution in [1.82, 2.24) is 14.3 Å². The number of nitrogens with zero attached hydrogens (tertiary/aromatic N) is 3. The van der Waals surface area contributed by atoms with E-state index >= 15 is 4.39 Å². The third-order valence-electron chi connectivity index (χ3n) is 5.95. The summed E-state index contributed by atoms with van der Waals surface area (Å²) in [5.74, 6) is -0.820. The van der Waals surface area contributed by atoms with E-state index in [4.69, 9.17) is 9.84 Å². The molecule has 2 amide bonds. The average molecular weight is 514 g/mol. The molecule has 11 heteroatoms. The highest BCUT2D eigenvalue weighted by molar-refractivity contribution is 6.07. The van der Waals surface area contributed by atoms with Gasteiger partial charge in [-0.05, 0) is 56.5 Å². The first-order valence-corrected chi connectivity index (χ1v) is 12.0. The van der Waals surface area contributed by atoms with Gasteiger partial charge in [-0.15, -0.1) is 5.10 Å². The van der Waals surface area contributed by atoms with Crippen molar-refractivity contribution in [2.24, 2.45) is 7.05 Å². The van der Waals surface area contributed by atoms with Gasteiger partial charge in [0, 0.05) is 30.9 Å². The van der Waals surface area contributed by atoms with Crippen LogP contribution in [-0.2, 0) is 13.5 Å². The minimum absolute atomic E-state index is 0.0459. The largest absolute Gasteiger partial charge is 0.490 e. The lowest BCUT2D eigenvalue weighted by atomic mass is 10.1. The van der Waals surface area contributed by atoms with E-state index in [1.807, 2.05) is 20.8 Å². The zero-order chi connectivity index (χ0) is 27.4. The van der Waals surface area contributed by atoms with Crippen molar-refractivity contribution < 1.29 is 23.8 Å². The van der Waals surface area contributed by atoms with Crippen LogP contribution >= 0.6 is 0 Å². The second kappa shape index (κ2) is 11.3. The second-order valence-corrected chi connectivity index (χ2v) is 8.91. The van der Waals surface area contributed by atoms with E-state index in [0.717, 1.165) is 17.2 Å². The van der Waals surface area contributed by atoms with Crippen molar-refractivity contribution in [3.8, 4) is 11.4 Å². The molecule has 0 spiro atoms. The van der Waals surface area contributed by atoms with E-state index in [-0.39, 0.29) is 23.1 Å². The molecule has 0 fully saturated rings. The zero-order valence-electron chi connectivity index (χ0n) is 21.8. The lowest BCUT2D eigenvalue weighted by Crippen LogP contribution is -2.24. The number of halogens is 1. The summed E-state index contributed by atoms with van der Waals surface area (Å²) in [6.45, 7) is 9.12. The number of ether oxygens (including phenoxy) is 1. The highest BCUT2D eigenvalue weighted by Gasteiger charge is 2.23. The van der Waals surface area contributed by atoms with Crippen molar-refractivity contribution in [2.45, 2.75) is 60.0 Å². The SMILES string of the molecule is CCC[C@H](C)Oc1cc(-n2nc(CC)n(C)c2=O)c(F)cc1C(=O)Nc1c(C)cc(NC(=O)O)cc1C. The number of carboxylic acid groups (broad SMARTS) is 1. The highest BCUT2D eigenvalue weighted by atomic mass is 19.1. The number of rotatable bonds is 9. The summed E-state index contributed by atoms with van der Waals surface area (Å²) in [4.78, 5) is 37.0. The van der Waals surface area contributed by atoms with Gasteiger partial charge in [-0.1, -0.05) is 20.3 Å². The van der Waals surface area contributed by atoms with Gasteiger partial charge in [-0.25, -0.2) is 14.0 Å². The maximum atomic E-state index is 15.3. The molecule has 10 nitrogen and oxygen atoms in total. The first-order valence-electron chi connectivity index (χ1n) is 12.0. The maximum absolute atomic E-state index is 15.3. The van der Waals surface area contributed by atoms with Crippen LogP contribution in [0.25, 0.3) is 5.69 Å². The highest BCUT2D eigenvalue weighted by Crippen LogP contribution is 2.30. The Balaban J connectivity index is 2.06. The molecule has 3 N–H and O–H groups in total. The molecular weight excluding hydrogens is 481 g/mol. The van der Waals surface area contributed by atoms with Crippen LogP contribution in [0.2, 0.25) is 0 Å². The standard InChI is InChI=1S/C26H32FN5O5/c1-7-9-16(5)37-21-13-20(32-26(36)31(6)22(8-2)30-32)19(27)12-18(21)24(33)29-23-14(3)10-17(11-15(23)4)28-25(34)35/h10-13,16,28H,7-9H2,1-6H3,(H,29,33)(H,34,35)/t16-/m0/s1. The maximum Gasteiger partial charge on any atom is 0.409 e. The quantitative estimate of drug-likeness (QED) is 0.377. The summed E-state index contributed by atoms with van der Waals surface area (Å²) in [6, 6.07) is 5.53. The third-order valence-corrected chi connectivity index (χ3v) is 5.95. The number of benzene rings is 2. The van der Waals surface area contributed by atoms with Crippen LogP contribution in [0.15, 0.2) is 29.1 Å². The molecule has 3 aromatic rings. The summed E-state index contributed by atoms with van der Waals surface area (Å²) in [6.07, 6.45) is 0.550. The lowest BCUT2D eigenvalue weighted by Gasteiger charge is -2.19. The number of nitrogens with one attached hydrogen (secondary N) is 2. The summed E-state index contributed by atoms with van der Waals surface area (Å²) in [5, 5.41) is 18.3. The number of aryl methyl sites for hydroxylation is 3. The summed E-state index contributed by atoms with van der Waals surface area (Å²) < 4.78 is 23.7. The first kappa shape index (κ1) is 27.4. The van der Waals surface area contributed by atoms with Gasteiger partial charge in [-0.2, -0.15) is 4.68 Å². The van der Waals surface area contributed by atoms with Gasteiger partial charge in [0.1, 0.15) is 23.1 Å². The molecule has 0 radical (unpaired) electrons. The summed E-state index contributed by atoms with van der Waals surface area (Å²) in [5.41, 5.74) is 1.38. The molecule has 1 heterocycles. The van der Waals surface area contributed by atoms with E-state index < -0.39 is 23.5 Å². The monoisotopic (exact) mass is 513 g/mol. The van der Waals surface area contributed by atoms with E-state index in [1.165, 1.54) is 10.6 Å². The summed E-state index contributed by atoms with van der Waals surface area (Å²) >= 11 is 0. The number of aromatic nitrogens is 3. The predicted molar refractivity (Wildman–Crippen MR) is 139 cm³/mol. The van der Waals surface area contributed by atoms with Crippen LogP contribution in [0.5, 0.6) is 5.75 Å². The Labute approximate surface area is 214 Å². The predicted octanol–water partition coefficient (Wildman–Crippen LogP) is 4.80. The third kappa shape index (κ3) is 5.99. The van der Waals surface area contributed by atoms with Crippen molar-refractivity contribution in [1.29, 1.82) is 0 Å². The molecule has 37 heavy (non-hydrogen) atoms. The Hall–Kier alpha value is -4.15. The molecule has 198 valence electrons. The van der Waals surface area contributed by atoms with Crippen LogP contribution in [0.4, 0.5) is 20.6 Å². The van der Waals surface area contributed by atoms with E-state index in [2.05, 4.69) is 15.7 Å². The van der Waals surface area contributed by atoms with Gasteiger partial charge in [0.05, 0.1) is 11.7 Å². The number of anilines is 2. The van der Waals surface area contributed by atoms with Crippen LogP contribution in [-0.4, -0.2) is 37.6 Å². The Morgan fingerprint density at radius 2 is 1.78 bits per heavy atom. The minimum Gasteiger partial charge on any atom is -0.490 e. The fourth-order valence-corrected chi connectivity index (χ4v) is 4.14. The fourth-order valence-electron chi connectivity index (χ4n) is 4.14. The van der Waals surface area contributed by atoms with Gasteiger partial charge in [0.2, 0.25) is 0 Å². The Morgan fingerprint density at radius 3 is 2.32 bits per heavy atom. The second-order valence-electron chi connectivity index (χ2n) is 8.91. The number of hydrogen-bond acceptors (Lipinski definition) is 5. The normalized spacial score (nSPS) is 11.8. The number of amides is 2. The van der Waals surface area contributed by atoms with Crippen LogP contribution in [0, 0.1) is 19.7 Å². The summed E-state index contributed by atoms with van der Waals surface area (Å²) in [7, 11) is 1.56. The molecule has 0 aliphatic carbocycles. The number of hydrogen-bond donors (Lipinski definition) is 3. The van der Waals surface area contributed by atoms with Crippen molar-refractivity contribution in [3.05, 3.63) is 63.1 Å². The molecule has 0 aliphatic rings. The van der Waals surface area contributed by atoms with Crippen molar-refractivity contribution in [2.75, 3.05) is 10.6 Å². The van der Waals surface area contributed by atoms with Crippen LogP contribution in [0.1, 0.15) is 60.9 Å². The van der Waals surface area contributed by atoms with Gasteiger partial charge < -0.3 is 15.2 Å². The van der Waals surface area contributed by atoms with Crippen LogP contribution in [0.3, 0.4) is 0 Å². The number of carbonyl (C=O) groups is 2. The van der Waals surface area contributed by atoms with E-state index in [0.29, 0.717) is 41.2 Å². The minimum atomic E-state index is -1.20. The molecule has 0 aliphatic heterocycles. The molecule has 0 saturated heterocycles. The molecule has 0 bridgehead atoms. The van der Waals surface area contributed by atoms with E-state index in [9.17, 15) is 14.4 Å². The Bertz CT molecular complexity index is 1370. The van der Waals surface area contributed by atoms with Crippen molar-refractivity contribution >= 4 is 23.4 Å².